The smallest absolute Gasteiger partial charge is 0.251 e. The number of hydrogen-bond donors (Lipinski definition) is 1. The zero-order valence-corrected chi connectivity index (χ0v) is 21.4. The van der Waals surface area contributed by atoms with E-state index < -0.39 is 10.0 Å². The van der Waals surface area contributed by atoms with Gasteiger partial charge in [-0.1, -0.05) is 54.1 Å². The fourth-order valence-electron chi connectivity index (χ4n) is 4.56. The fraction of sp³-hybridized carbons (Fsp3) is 0.321. The normalized spacial score (nSPS) is 16.1. The lowest BCUT2D eigenvalue weighted by molar-refractivity contribution is 0.0940. The fourth-order valence-corrected chi connectivity index (χ4v) is 6.00. The molecule has 1 N–H and O–H groups in total. The van der Waals surface area contributed by atoms with Gasteiger partial charge in [-0.3, -0.25) is 9.69 Å². The highest BCUT2D eigenvalue weighted by Gasteiger charge is 2.28. The summed E-state index contributed by atoms with van der Waals surface area (Å²) in [5, 5.41) is 3.09. The van der Waals surface area contributed by atoms with Crippen LogP contribution in [-0.4, -0.2) is 49.7 Å². The first kappa shape index (κ1) is 25.1. The Bertz CT molecular complexity index is 1270. The van der Waals surface area contributed by atoms with Gasteiger partial charge in [0.25, 0.3) is 5.91 Å². The van der Waals surface area contributed by atoms with Crippen molar-refractivity contribution in [2.45, 2.75) is 38.3 Å². The summed E-state index contributed by atoms with van der Waals surface area (Å²) in [5.74, 6) is -0.0937. The Labute approximate surface area is 208 Å². The van der Waals surface area contributed by atoms with Crippen LogP contribution >= 0.6 is 0 Å². The van der Waals surface area contributed by atoms with Crippen LogP contribution in [0.4, 0.5) is 0 Å². The summed E-state index contributed by atoms with van der Waals surface area (Å²) in [4.78, 5) is 15.4. The third-order valence-electron chi connectivity index (χ3n) is 6.57. The summed E-state index contributed by atoms with van der Waals surface area (Å²) in [6.07, 6.45) is 0. The number of rotatable bonds is 7. The number of nitrogens with one attached hydrogen (secondary N) is 1. The van der Waals surface area contributed by atoms with Crippen LogP contribution in [0, 0.1) is 13.8 Å². The molecule has 7 heteroatoms. The molecular weight excluding hydrogens is 458 g/mol. The predicted octanol–water partition coefficient (Wildman–Crippen LogP) is 4.30. The molecule has 1 unspecified atom stereocenters. The average molecular weight is 492 g/mol. The zero-order valence-electron chi connectivity index (χ0n) is 20.6. The van der Waals surface area contributed by atoms with Crippen LogP contribution in [0.2, 0.25) is 0 Å². The predicted molar refractivity (Wildman–Crippen MR) is 139 cm³/mol. The lowest BCUT2D eigenvalue weighted by Gasteiger charge is -2.34. The monoisotopic (exact) mass is 491 g/mol. The molecule has 1 atom stereocenters. The highest BCUT2D eigenvalue weighted by Crippen LogP contribution is 2.20. The molecule has 4 rings (SSSR count). The van der Waals surface area contributed by atoms with Crippen molar-refractivity contribution in [3.05, 3.63) is 101 Å². The Morgan fingerprint density at radius 1 is 0.914 bits per heavy atom. The summed E-state index contributed by atoms with van der Waals surface area (Å²) in [6, 6.07) is 22.4. The Morgan fingerprint density at radius 2 is 1.57 bits per heavy atom. The molecular formula is C28H33N3O3S. The number of aryl methyl sites for hydroxylation is 2. The van der Waals surface area contributed by atoms with Gasteiger partial charge in [0, 0.05) is 38.3 Å². The summed E-state index contributed by atoms with van der Waals surface area (Å²) in [7, 11) is -3.45. The first-order valence-corrected chi connectivity index (χ1v) is 13.4. The van der Waals surface area contributed by atoms with Crippen molar-refractivity contribution in [2.24, 2.45) is 0 Å². The van der Waals surface area contributed by atoms with Gasteiger partial charge in [0.2, 0.25) is 10.0 Å². The minimum absolute atomic E-state index is 0.0776. The van der Waals surface area contributed by atoms with Crippen molar-refractivity contribution in [1.82, 2.24) is 14.5 Å². The van der Waals surface area contributed by atoms with E-state index in [9.17, 15) is 13.2 Å². The molecule has 0 aromatic heterocycles. The minimum Gasteiger partial charge on any atom is -0.346 e. The number of carbonyl (C=O) groups is 1. The number of benzene rings is 3. The molecule has 0 bridgehead atoms. The number of amides is 1. The topological polar surface area (TPSA) is 69.7 Å². The summed E-state index contributed by atoms with van der Waals surface area (Å²) < 4.78 is 27.2. The van der Waals surface area contributed by atoms with E-state index in [1.54, 1.807) is 28.6 Å². The van der Waals surface area contributed by atoms with E-state index in [-0.39, 0.29) is 11.9 Å². The molecule has 3 aromatic carbocycles. The number of sulfonamides is 1. The molecule has 3 aromatic rings. The molecule has 0 aliphatic carbocycles. The lowest BCUT2D eigenvalue weighted by Crippen LogP contribution is -2.48. The molecule has 6 nitrogen and oxygen atoms in total. The van der Waals surface area contributed by atoms with Crippen LogP contribution < -0.4 is 5.32 Å². The van der Waals surface area contributed by atoms with Gasteiger partial charge < -0.3 is 5.32 Å². The Morgan fingerprint density at radius 3 is 2.20 bits per heavy atom. The van der Waals surface area contributed by atoms with Gasteiger partial charge in [0.05, 0.1) is 10.9 Å². The van der Waals surface area contributed by atoms with E-state index in [2.05, 4.69) is 42.3 Å². The van der Waals surface area contributed by atoms with E-state index in [4.69, 9.17) is 0 Å². The lowest BCUT2D eigenvalue weighted by atomic mass is 10.00. The second-order valence-electron chi connectivity index (χ2n) is 9.25. The van der Waals surface area contributed by atoms with E-state index in [0.29, 0.717) is 36.6 Å². The Kier molecular flexibility index (Phi) is 7.69. The maximum atomic E-state index is 12.8. The minimum atomic E-state index is -3.45. The highest BCUT2D eigenvalue weighted by atomic mass is 32.2. The van der Waals surface area contributed by atoms with Gasteiger partial charge in [0.15, 0.2) is 0 Å². The zero-order chi connectivity index (χ0) is 25.0. The SMILES string of the molecule is Cc1ccc(C(C)NC(=O)c2ccc(CN3CCN(S(=O)(=O)c4ccccc4)CC3)cc2)c(C)c1. The molecule has 184 valence electrons. The van der Waals surface area contributed by atoms with Crippen molar-refractivity contribution >= 4 is 15.9 Å². The van der Waals surface area contributed by atoms with Crippen molar-refractivity contribution in [1.29, 1.82) is 0 Å². The number of carbonyl (C=O) groups excluding carboxylic acids is 1. The standard InChI is InChI=1S/C28H33N3O3S/c1-21-9-14-27(22(2)19-21)23(3)29-28(32)25-12-10-24(11-13-25)20-30-15-17-31(18-16-30)35(33,34)26-7-5-4-6-8-26/h4-14,19,23H,15-18,20H2,1-3H3,(H,29,32). The number of nitrogens with zero attached hydrogens (tertiary/aromatic N) is 2. The third-order valence-corrected chi connectivity index (χ3v) is 8.49. The second kappa shape index (κ2) is 10.7. The van der Waals surface area contributed by atoms with E-state index in [1.807, 2.05) is 37.3 Å². The molecule has 35 heavy (non-hydrogen) atoms. The van der Waals surface area contributed by atoms with Crippen LogP contribution in [0.15, 0.2) is 77.7 Å². The summed E-state index contributed by atoms with van der Waals surface area (Å²) in [5.41, 5.74) is 5.23. The van der Waals surface area contributed by atoms with Gasteiger partial charge in [-0.05, 0) is 61.7 Å². The second-order valence-corrected chi connectivity index (χ2v) is 11.2. The van der Waals surface area contributed by atoms with Gasteiger partial charge in [-0.25, -0.2) is 8.42 Å². The molecule has 0 spiro atoms. The average Bonchev–Trinajstić information content (AvgIpc) is 2.85. The number of piperazine rings is 1. The van der Waals surface area contributed by atoms with Crippen molar-refractivity contribution in [2.75, 3.05) is 26.2 Å². The first-order chi connectivity index (χ1) is 16.7. The Balaban J connectivity index is 1.31. The van der Waals surface area contributed by atoms with Gasteiger partial charge in [-0.15, -0.1) is 0 Å². The first-order valence-electron chi connectivity index (χ1n) is 12.0. The van der Waals surface area contributed by atoms with Crippen molar-refractivity contribution in [3.8, 4) is 0 Å². The largest absolute Gasteiger partial charge is 0.346 e. The van der Waals surface area contributed by atoms with Crippen molar-refractivity contribution in [3.63, 3.8) is 0 Å². The van der Waals surface area contributed by atoms with Crippen LogP contribution in [-0.2, 0) is 16.6 Å². The number of hydrogen-bond acceptors (Lipinski definition) is 4. The Hall–Kier alpha value is -3.00. The maximum Gasteiger partial charge on any atom is 0.251 e. The molecule has 1 fully saturated rings. The van der Waals surface area contributed by atoms with E-state index in [0.717, 1.165) is 17.7 Å². The van der Waals surface area contributed by atoms with E-state index >= 15 is 0 Å². The van der Waals surface area contributed by atoms with Gasteiger partial charge in [0.1, 0.15) is 0 Å². The molecule has 1 amide bonds. The molecule has 1 aliphatic rings. The van der Waals surface area contributed by atoms with Gasteiger partial charge in [-0.2, -0.15) is 4.31 Å². The quantitative estimate of drug-likeness (QED) is 0.535. The van der Waals surface area contributed by atoms with Gasteiger partial charge >= 0.3 is 0 Å². The highest BCUT2D eigenvalue weighted by molar-refractivity contribution is 7.89. The molecule has 1 heterocycles. The summed E-state index contributed by atoms with van der Waals surface area (Å²) in [6.45, 7) is 9.12. The van der Waals surface area contributed by atoms with Crippen molar-refractivity contribution < 1.29 is 13.2 Å². The summed E-state index contributed by atoms with van der Waals surface area (Å²) >= 11 is 0. The molecule has 1 saturated heterocycles. The maximum absolute atomic E-state index is 12.8. The molecule has 0 saturated carbocycles. The van der Waals surface area contributed by atoms with E-state index in [1.165, 1.54) is 11.1 Å². The van der Waals surface area contributed by atoms with Crippen LogP contribution in [0.1, 0.15) is 45.6 Å². The van der Waals surface area contributed by atoms with Crippen LogP contribution in [0.25, 0.3) is 0 Å². The van der Waals surface area contributed by atoms with Crippen LogP contribution in [0.5, 0.6) is 0 Å². The van der Waals surface area contributed by atoms with Crippen LogP contribution in [0.3, 0.4) is 0 Å². The third kappa shape index (κ3) is 5.99. The molecule has 1 aliphatic heterocycles. The molecule has 0 radical (unpaired) electrons.